The van der Waals surface area contributed by atoms with Gasteiger partial charge < -0.3 is 40.0 Å². The fourth-order valence-electron chi connectivity index (χ4n) is 3.15. The van der Waals surface area contributed by atoms with Crippen LogP contribution >= 0.6 is 0 Å². The molecule has 0 amide bonds. The zero-order valence-electron chi connectivity index (χ0n) is 13.6. The van der Waals surface area contributed by atoms with E-state index < -0.39 is 35.9 Å². The molecule has 0 saturated heterocycles. The topological polar surface area (TPSA) is 155 Å². The van der Waals surface area contributed by atoms with Crippen LogP contribution in [0.2, 0.25) is 0 Å². The highest BCUT2D eigenvalue weighted by Crippen LogP contribution is 2.56. The van der Waals surface area contributed by atoms with Crippen LogP contribution in [-0.2, 0) is 0 Å². The van der Waals surface area contributed by atoms with E-state index in [4.69, 9.17) is 4.42 Å². The van der Waals surface area contributed by atoms with Crippen molar-refractivity contribution >= 4 is 34.5 Å². The van der Waals surface area contributed by atoms with Crippen molar-refractivity contribution in [3.05, 3.63) is 36.4 Å². The van der Waals surface area contributed by atoms with E-state index in [2.05, 4.69) is 0 Å². The Labute approximate surface area is 151 Å². The first-order valence-corrected chi connectivity index (χ1v) is 7.81. The molecule has 4 aromatic rings. The minimum Gasteiger partial charge on any atom is -0.504 e. The Morgan fingerprint density at radius 2 is 1.33 bits per heavy atom. The number of rotatable bonds is 2. The Balaban J connectivity index is 2.12. The quantitative estimate of drug-likeness (QED) is 0.159. The van der Waals surface area contributed by atoms with Crippen molar-refractivity contribution in [3.63, 3.8) is 0 Å². The van der Waals surface area contributed by atoms with Crippen LogP contribution in [0.15, 0.2) is 40.8 Å². The third-order valence-corrected chi connectivity index (χ3v) is 4.46. The standard InChI is InChI=1S/C18H13BO8/c20-14-13(15(21)17(23)18(24)16(14)22)9-2-1-3-10-12(9)8-5-4-7(19(25)26)6-11(8)27-10/h1-6,20-26H. The number of phenolic OH excluding ortho intramolecular Hbond substituents is 5. The minimum atomic E-state index is -1.68. The summed E-state index contributed by atoms with van der Waals surface area (Å²) in [6, 6.07) is 9.22. The van der Waals surface area contributed by atoms with Gasteiger partial charge in [0.25, 0.3) is 0 Å². The molecule has 9 heteroatoms. The van der Waals surface area contributed by atoms with Crippen LogP contribution in [0.1, 0.15) is 0 Å². The highest BCUT2D eigenvalue weighted by atomic mass is 16.4. The van der Waals surface area contributed by atoms with Crippen molar-refractivity contribution in [1.82, 2.24) is 0 Å². The molecule has 0 aliphatic heterocycles. The highest BCUT2D eigenvalue weighted by Gasteiger charge is 2.26. The molecule has 136 valence electrons. The van der Waals surface area contributed by atoms with Crippen LogP contribution in [-0.4, -0.2) is 42.7 Å². The molecule has 4 rings (SSSR count). The summed E-state index contributed by atoms with van der Waals surface area (Å²) in [7, 11) is -1.68. The third kappa shape index (κ3) is 2.33. The van der Waals surface area contributed by atoms with E-state index in [1.807, 2.05) is 0 Å². The number of furan rings is 1. The summed E-state index contributed by atoms with van der Waals surface area (Å²) in [6.45, 7) is 0. The SMILES string of the molecule is OB(O)c1ccc2c(c1)oc1cccc(-c3c(O)c(O)c(O)c(O)c3O)c12. The van der Waals surface area contributed by atoms with Crippen LogP contribution in [0.3, 0.4) is 0 Å². The summed E-state index contributed by atoms with van der Waals surface area (Å²) in [5.74, 6) is -4.62. The zero-order valence-corrected chi connectivity index (χ0v) is 13.6. The van der Waals surface area contributed by atoms with Crippen molar-refractivity contribution < 1.29 is 40.0 Å². The maximum atomic E-state index is 10.2. The normalized spacial score (nSPS) is 11.3. The van der Waals surface area contributed by atoms with Crippen LogP contribution in [0.4, 0.5) is 0 Å². The van der Waals surface area contributed by atoms with Crippen LogP contribution in [0.5, 0.6) is 28.7 Å². The molecular formula is C18H13BO8. The lowest BCUT2D eigenvalue weighted by Crippen LogP contribution is -2.29. The molecule has 0 atom stereocenters. The molecule has 0 aliphatic carbocycles. The number of hydrogen-bond acceptors (Lipinski definition) is 8. The van der Waals surface area contributed by atoms with E-state index in [1.165, 1.54) is 18.2 Å². The highest BCUT2D eigenvalue weighted by molar-refractivity contribution is 6.59. The van der Waals surface area contributed by atoms with Gasteiger partial charge in [-0.25, -0.2) is 0 Å². The van der Waals surface area contributed by atoms with E-state index >= 15 is 0 Å². The average Bonchev–Trinajstić information content (AvgIpc) is 3.03. The number of hydrogen-bond donors (Lipinski definition) is 7. The molecule has 0 saturated carbocycles. The Morgan fingerprint density at radius 3 is 1.96 bits per heavy atom. The molecule has 0 bridgehead atoms. The molecule has 0 spiro atoms. The molecule has 3 aromatic carbocycles. The maximum absolute atomic E-state index is 10.2. The largest absolute Gasteiger partial charge is 0.504 e. The summed E-state index contributed by atoms with van der Waals surface area (Å²) in [5, 5.41) is 69.4. The van der Waals surface area contributed by atoms with E-state index in [0.29, 0.717) is 21.9 Å². The Kier molecular flexibility index (Phi) is 3.58. The van der Waals surface area contributed by atoms with E-state index in [-0.39, 0.29) is 16.6 Å². The molecule has 7 N–H and O–H groups in total. The van der Waals surface area contributed by atoms with Gasteiger partial charge in [0, 0.05) is 16.3 Å². The van der Waals surface area contributed by atoms with Gasteiger partial charge in [-0.3, -0.25) is 0 Å². The number of phenols is 5. The minimum absolute atomic E-state index is 0.216. The summed E-state index contributed by atoms with van der Waals surface area (Å²) in [4.78, 5) is 0. The third-order valence-electron chi connectivity index (χ3n) is 4.46. The van der Waals surface area contributed by atoms with Crippen molar-refractivity contribution in [2.24, 2.45) is 0 Å². The zero-order chi connectivity index (χ0) is 19.5. The van der Waals surface area contributed by atoms with Gasteiger partial charge in [-0.15, -0.1) is 0 Å². The van der Waals surface area contributed by atoms with Crippen LogP contribution in [0.25, 0.3) is 33.1 Å². The first-order valence-electron chi connectivity index (χ1n) is 7.81. The lowest BCUT2D eigenvalue weighted by molar-refractivity contribution is 0.330. The molecule has 8 nitrogen and oxygen atoms in total. The van der Waals surface area contributed by atoms with Crippen LogP contribution < -0.4 is 5.46 Å². The number of benzene rings is 3. The van der Waals surface area contributed by atoms with Gasteiger partial charge in [-0.1, -0.05) is 24.3 Å². The van der Waals surface area contributed by atoms with E-state index in [0.717, 1.165) is 0 Å². The van der Waals surface area contributed by atoms with Gasteiger partial charge in [0.2, 0.25) is 17.2 Å². The van der Waals surface area contributed by atoms with Crippen molar-refractivity contribution in [1.29, 1.82) is 0 Å². The second-order valence-corrected chi connectivity index (χ2v) is 6.03. The van der Waals surface area contributed by atoms with Gasteiger partial charge in [0.05, 0.1) is 5.56 Å². The number of aromatic hydroxyl groups is 5. The molecular weight excluding hydrogens is 355 g/mol. The fraction of sp³-hybridized carbons (Fsp3) is 0. The van der Waals surface area contributed by atoms with E-state index in [1.54, 1.807) is 18.2 Å². The van der Waals surface area contributed by atoms with Gasteiger partial charge >= 0.3 is 7.12 Å². The second-order valence-electron chi connectivity index (χ2n) is 6.03. The predicted octanol–water partition coefficient (Wildman–Crippen LogP) is 1.46. The lowest BCUT2D eigenvalue weighted by atomic mass is 9.80. The Morgan fingerprint density at radius 1 is 0.704 bits per heavy atom. The smallest absolute Gasteiger partial charge is 0.488 e. The monoisotopic (exact) mass is 368 g/mol. The molecule has 1 aromatic heterocycles. The Hall–Kier alpha value is -3.56. The number of fused-ring (bicyclic) bond motifs is 3. The lowest BCUT2D eigenvalue weighted by Gasteiger charge is -2.13. The summed E-state index contributed by atoms with van der Waals surface area (Å²) in [6.07, 6.45) is 0. The van der Waals surface area contributed by atoms with Crippen molar-refractivity contribution in [2.45, 2.75) is 0 Å². The van der Waals surface area contributed by atoms with Crippen molar-refractivity contribution in [2.75, 3.05) is 0 Å². The van der Waals surface area contributed by atoms with Gasteiger partial charge in [-0.05, 0) is 17.6 Å². The summed E-state index contributed by atoms with van der Waals surface area (Å²) in [5.41, 5.74) is 0.840. The second kappa shape index (κ2) is 5.73. The van der Waals surface area contributed by atoms with Gasteiger partial charge in [0.1, 0.15) is 11.2 Å². The van der Waals surface area contributed by atoms with Crippen molar-refractivity contribution in [3.8, 4) is 39.9 Å². The van der Waals surface area contributed by atoms with Crippen LogP contribution in [0, 0.1) is 0 Å². The maximum Gasteiger partial charge on any atom is 0.488 e. The average molecular weight is 368 g/mol. The predicted molar refractivity (Wildman–Crippen MR) is 97.3 cm³/mol. The van der Waals surface area contributed by atoms with Gasteiger partial charge in [0.15, 0.2) is 11.5 Å². The molecule has 0 radical (unpaired) electrons. The first-order chi connectivity index (χ1) is 12.8. The fourth-order valence-corrected chi connectivity index (χ4v) is 3.15. The molecule has 0 fully saturated rings. The van der Waals surface area contributed by atoms with E-state index in [9.17, 15) is 35.6 Å². The molecule has 27 heavy (non-hydrogen) atoms. The van der Waals surface area contributed by atoms with Gasteiger partial charge in [-0.2, -0.15) is 0 Å². The molecule has 1 heterocycles. The summed E-state index contributed by atoms with van der Waals surface area (Å²) < 4.78 is 5.71. The Bertz CT molecular complexity index is 1180. The molecule has 0 unspecified atom stereocenters. The molecule has 0 aliphatic rings. The first kappa shape index (κ1) is 16.9. The summed E-state index contributed by atoms with van der Waals surface area (Å²) >= 11 is 0.